The lowest BCUT2D eigenvalue weighted by atomic mass is 10.0. The van der Waals surface area contributed by atoms with Crippen LogP contribution in [0.2, 0.25) is 0 Å². The maximum Gasteiger partial charge on any atom is 0.357 e. The highest BCUT2D eigenvalue weighted by atomic mass is 16.5. The quantitative estimate of drug-likeness (QED) is 0.747. The van der Waals surface area contributed by atoms with E-state index in [1.807, 2.05) is 12.1 Å². The lowest BCUT2D eigenvalue weighted by Crippen LogP contribution is -2.01. The Labute approximate surface area is 137 Å². The predicted molar refractivity (Wildman–Crippen MR) is 84.3 cm³/mol. The molecule has 0 aliphatic heterocycles. The lowest BCUT2D eigenvalue weighted by molar-refractivity contribution is 0.0691. The Bertz CT molecular complexity index is 896. The van der Waals surface area contributed by atoms with Gasteiger partial charge in [-0.25, -0.2) is 9.89 Å². The number of aromatic amines is 1. The molecule has 0 unspecified atom stereocenters. The molecule has 7 nitrogen and oxygen atoms in total. The van der Waals surface area contributed by atoms with E-state index in [-0.39, 0.29) is 18.2 Å². The summed E-state index contributed by atoms with van der Waals surface area (Å²) in [4.78, 5) is 15.6. The smallest absolute Gasteiger partial charge is 0.357 e. The highest BCUT2D eigenvalue weighted by Gasteiger charge is 2.21. The SMILES string of the molecule is N#Cc1ccc(-c2c(C(=O)O)n[nH]c2OCc2ccccn2)cc1. The lowest BCUT2D eigenvalue weighted by Gasteiger charge is -2.07. The number of rotatable bonds is 5. The monoisotopic (exact) mass is 320 g/mol. The molecule has 0 aliphatic carbocycles. The minimum absolute atomic E-state index is 0.143. The van der Waals surface area contributed by atoms with Gasteiger partial charge in [0.25, 0.3) is 0 Å². The number of pyridine rings is 1. The van der Waals surface area contributed by atoms with Crippen LogP contribution in [0.1, 0.15) is 21.7 Å². The number of ether oxygens (including phenoxy) is 1. The zero-order chi connectivity index (χ0) is 16.9. The van der Waals surface area contributed by atoms with E-state index >= 15 is 0 Å². The molecular formula is C17H12N4O3. The van der Waals surface area contributed by atoms with Crippen LogP contribution < -0.4 is 4.74 Å². The second kappa shape index (κ2) is 6.62. The number of carbonyl (C=O) groups is 1. The minimum atomic E-state index is -1.17. The number of hydrogen-bond acceptors (Lipinski definition) is 5. The number of aromatic carboxylic acids is 1. The van der Waals surface area contributed by atoms with Crippen LogP contribution in [0.25, 0.3) is 11.1 Å². The maximum absolute atomic E-state index is 11.4. The number of benzene rings is 1. The van der Waals surface area contributed by atoms with Crippen LogP contribution in [0.3, 0.4) is 0 Å². The van der Waals surface area contributed by atoms with Gasteiger partial charge in [0.05, 0.1) is 22.9 Å². The molecule has 24 heavy (non-hydrogen) atoms. The van der Waals surface area contributed by atoms with Crippen molar-refractivity contribution >= 4 is 5.97 Å². The largest absolute Gasteiger partial charge is 0.476 e. The van der Waals surface area contributed by atoms with Gasteiger partial charge in [0.2, 0.25) is 5.88 Å². The van der Waals surface area contributed by atoms with Crippen molar-refractivity contribution in [3.8, 4) is 23.1 Å². The van der Waals surface area contributed by atoms with Gasteiger partial charge in [-0.15, -0.1) is 0 Å². The van der Waals surface area contributed by atoms with Crippen molar-refractivity contribution in [1.82, 2.24) is 15.2 Å². The zero-order valence-corrected chi connectivity index (χ0v) is 12.4. The fraction of sp³-hybridized carbons (Fsp3) is 0.0588. The first-order valence-corrected chi connectivity index (χ1v) is 7.04. The average Bonchev–Trinajstić information content (AvgIpc) is 3.05. The van der Waals surface area contributed by atoms with Crippen molar-refractivity contribution in [2.24, 2.45) is 0 Å². The molecule has 3 aromatic rings. The number of H-pyrrole nitrogens is 1. The van der Waals surface area contributed by atoms with Gasteiger partial charge in [-0.2, -0.15) is 10.4 Å². The number of nitrogens with one attached hydrogen (secondary N) is 1. The first-order chi connectivity index (χ1) is 11.7. The van der Waals surface area contributed by atoms with Gasteiger partial charge in [-0.3, -0.25) is 4.98 Å². The molecule has 0 saturated heterocycles. The number of nitrogens with zero attached hydrogens (tertiary/aromatic N) is 3. The van der Waals surface area contributed by atoms with E-state index in [2.05, 4.69) is 15.2 Å². The summed E-state index contributed by atoms with van der Waals surface area (Å²) in [5, 5.41) is 24.6. The molecule has 7 heteroatoms. The van der Waals surface area contributed by atoms with Crippen LogP contribution in [0, 0.1) is 11.3 Å². The Balaban J connectivity index is 1.94. The molecule has 1 aromatic carbocycles. The van der Waals surface area contributed by atoms with Crippen molar-refractivity contribution in [3.05, 3.63) is 65.6 Å². The summed E-state index contributed by atoms with van der Waals surface area (Å²) in [6.07, 6.45) is 1.65. The molecule has 0 fully saturated rings. The Kier molecular flexibility index (Phi) is 4.21. The maximum atomic E-state index is 11.4. The summed E-state index contributed by atoms with van der Waals surface area (Å²) in [6, 6.07) is 14.0. The number of aromatic nitrogens is 3. The van der Waals surface area contributed by atoms with E-state index in [9.17, 15) is 9.90 Å². The van der Waals surface area contributed by atoms with Gasteiger partial charge >= 0.3 is 5.97 Å². The number of hydrogen-bond donors (Lipinski definition) is 2. The van der Waals surface area contributed by atoms with Gasteiger partial charge in [0, 0.05) is 6.20 Å². The molecule has 3 rings (SSSR count). The van der Waals surface area contributed by atoms with Gasteiger partial charge in [-0.05, 0) is 29.8 Å². The van der Waals surface area contributed by atoms with Gasteiger partial charge in [0.15, 0.2) is 5.69 Å². The molecule has 0 amide bonds. The standard InChI is InChI=1S/C17H12N4O3/c18-9-11-4-6-12(7-5-11)14-15(17(22)23)20-21-16(14)24-10-13-3-1-2-8-19-13/h1-8H,10H2,(H,20,21)(H,22,23). The molecule has 0 bridgehead atoms. The molecule has 2 heterocycles. The summed E-state index contributed by atoms with van der Waals surface area (Å²) in [5.74, 6) is -0.930. The van der Waals surface area contributed by atoms with E-state index in [0.717, 1.165) is 0 Å². The summed E-state index contributed by atoms with van der Waals surface area (Å²) < 4.78 is 5.66. The first kappa shape index (κ1) is 15.2. The predicted octanol–water partition coefficient (Wildman–Crippen LogP) is 2.62. The molecular weight excluding hydrogens is 308 g/mol. The van der Waals surface area contributed by atoms with Gasteiger partial charge < -0.3 is 9.84 Å². The second-order valence-electron chi connectivity index (χ2n) is 4.88. The highest BCUT2D eigenvalue weighted by molar-refractivity contribution is 5.95. The Hall–Kier alpha value is -3.66. The number of carboxylic acid groups (broad SMARTS) is 1. The normalized spacial score (nSPS) is 10.1. The van der Waals surface area contributed by atoms with Crippen molar-refractivity contribution in [2.45, 2.75) is 6.61 Å². The van der Waals surface area contributed by atoms with Crippen molar-refractivity contribution in [1.29, 1.82) is 5.26 Å². The topological polar surface area (TPSA) is 112 Å². The summed E-state index contributed by atoms with van der Waals surface area (Å²) >= 11 is 0. The zero-order valence-electron chi connectivity index (χ0n) is 12.4. The van der Waals surface area contributed by atoms with E-state index in [4.69, 9.17) is 10.00 Å². The number of carboxylic acids is 1. The summed E-state index contributed by atoms with van der Waals surface area (Å²) in [7, 11) is 0. The Morgan fingerprint density at radius 3 is 2.67 bits per heavy atom. The molecule has 0 radical (unpaired) electrons. The molecule has 2 aromatic heterocycles. The fourth-order valence-corrected chi connectivity index (χ4v) is 2.19. The first-order valence-electron chi connectivity index (χ1n) is 7.04. The third kappa shape index (κ3) is 3.08. The van der Waals surface area contributed by atoms with E-state index in [1.54, 1.807) is 42.6 Å². The molecule has 0 spiro atoms. The molecule has 0 atom stereocenters. The van der Waals surface area contributed by atoms with E-state index in [1.165, 1.54) is 0 Å². The van der Waals surface area contributed by atoms with Gasteiger partial charge in [-0.1, -0.05) is 18.2 Å². The Morgan fingerprint density at radius 1 is 1.25 bits per heavy atom. The third-order valence-corrected chi connectivity index (χ3v) is 3.33. The number of nitriles is 1. The third-order valence-electron chi connectivity index (χ3n) is 3.33. The van der Waals surface area contributed by atoms with E-state index in [0.29, 0.717) is 22.4 Å². The van der Waals surface area contributed by atoms with Crippen molar-refractivity contribution in [2.75, 3.05) is 0 Å². The minimum Gasteiger partial charge on any atom is -0.476 e. The fourth-order valence-electron chi connectivity index (χ4n) is 2.19. The van der Waals surface area contributed by atoms with Crippen LogP contribution in [0.4, 0.5) is 0 Å². The molecule has 0 saturated carbocycles. The summed E-state index contributed by atoms with van der Waals surface area (Å²) in [6.45, 7) is 0.172. The van der Waals surface area contributed by atoms with Gasteiger partial charge in [0.1, 0.15) is 6.61 Å². The molecule has 2 N–H and O–H groups in total. The van der Waals surface area contributed by atoms with Crippen molar-refractivity contribution in [3.63, 3.8) is 0 Å². The average molecular weight is 320 g/mol. The van der Waals surface area contributed by atoms with Crippen LogP contribution in [0.15, 0.2) is 48.7 Å². The van der Waals surface area contributed by atoms with Crippen LogP contribution >= 0.6 is 0 Å². The highest BCUT2D eigenvalue weighted by Crippen LogP contribution is 2.32. The molecule has 0 aliphatic rings. The van der Waals surface area contributed by atoms with Crippen LogP contribution in [-0.4, -0.2) is 26.3 Å². The van der Waals surface area contributed by atoms with Crippen molar-refractivity contribution < 1.29 is 14.6 Å². The molecule has 118 valence electrons. The second-order valence-corrected chi connectivity index (χ2v) is 4.88. The van der Waals surface area contributed by atoms with Crippen LogP contribution in [-0.2, 0) is 6.61 Å². The Morgan fingerprint density at radius 2 is 2.04 bits per heavy atom. The van der Waals surface area contributed by atoms with E-state index < -0.39 is 5.97 Å². The summed E-state index contributed by atoms with van der Waals surface area (Å²) in [5.41, 5.74) is 1.97. The van der Waals surface area contributed by atoms with Crippen LogP contribution in [0.5, 0.6) is 5.88 Å².